The summed E-state index contributed by atoms with van der Waals surface area (Å²) < 4.78 is 33.1. The van der Waals surface area contributed by atoms with E-state index >= 15 is 0 Å². The minimum absolute atomic E-state index is 0.0278. The number of carbonyl (C=O) groups excluding carboxylic acids is 1. The summed E-state index contributed by atoms with van der Waals surface area (Å²) in [5.41, 5.74) is 3.74. The van der Waals surface area contributed by atoms with Gasteiger partial charge in [-0.15, -0.1) is 0 Å². The molecule has 0 radical (unpaired) electrons. The second kappa shape index (κ2) is 9.19. The molecule has 0 aromatic heterocycles. The van der Waals surface area contributed by atoms with Crippen LogP contribution in [0.3, 0.4) is 0 Å². The fourth-order valence-corrected chi connectivity index (χ4v) is 4.44. The summed E-state index contributed by atoms with van der Waals surface area (Å²) in [6, 6.07) is 15.0. The highest BCUT2D eigenvalue weighted by atomic mass is 79.9. The Morgan fingerprint density at radius 3 is 2.18 bits per heavy atom. The van der Waals surface area contributed by atoms with Crippen LogP contribution in [0.1, 0.15) is 22.6 Å². The smallest absolute Gasteiger partial charge is 0.407 e. The number of hydrogen-bond acceptors (Lipinski definition) is 4. The second-order valence-corrected chi connectivity index (χ2v) is 8.41. The van der Waals surface area contributed by atoms with Gasteiger partial charge in [-0.3, -0.25) is 0 Å². The number of nitrogens with one attached hydrogen (secondary N) is 1. The normalized spacial score (nSPS) is 13.2. The van der Waals surface area contributed by atoms with Gasteiger partial charge in [0.05, 0.1) is 4.47 Å². The lowest BCUT2D eigenvalue weighted by atomic mass is 9.98. The summed E-state index contributed by atoms with van der Waals surface area (Å²) in [5, 5.41) is 21.1. The molecule has 1 amide bonds. The van der Waals surface area contributed by atoms with E-state index in [-0.39, 0.29) is 22.6 Å². The quantitative estimate of drug-likeness (QED) is 0.401. The van der Waals surface area contributed by atoms with Gasteiger partial charge in [-0.1, -0.05) is 48.5 Å². The molecule has 0 heterocycles. The summed E-state index contributed by atoms with van der Waals surface area (Å²) in [7, 11) is 0. The Balaban J connectivity index is 1.46. The van der Waals surface area contributed by atoms with Crippen LogP contribution in [0.25, 0.3) is 11.1 Å². The van der Waals surface area contributed by atoms with E-state index in [2.05, 4.69) is 21.2 Å². The van der Waals surface area contributed by atoms with Crippen molar-refractivity contribution in [2.75, 3.05) is 6.61 Å². The molecule has 4 rings (SSSR count). The summed E-state index contributed by atoms with van der Waals surface area (Å²) >= 11 is 2.88. The summed E-state index contributed by atoms with van der Waals surface area (Å²) in [6.45, 7) is -0.0278. The largest absolute Gasteiger partial charge is 0.504 e. The summed E-state index contributed by atoms with van der Waals surface area (Å²) in [5.74, 6) is -5.49. The van der Waals surface area contributed by atoms with Crippen molar-refractivity contribution >= 4 is 28.0 Å². The zero-order valence-electron chi connectivity index (χ0n) is 17.0. The first-order valence-electron chi connectivity index (χ1n) is 9.97. The Labute approximate surface area is 196 Å². The number of benzene rings is 3. The summed E-state index contributed by atoms with van der Waals surface area (Å²) in [6.07, 6.45) is -1.55. The molecule has 3 N–H and O–H groups in total. The minimum atomic E-state index is -1.58. The van der Waals surface area contributed by atoms with Crippen molar-refractivity contribution in [3.8, 4) is 16.9 Å². The van der Waals surface area contributed by atoms with Gasteiger partial charge in [-0.05, 0) is 49.8 Å². The van der Waals surface area contributed by atoms with Gasteiger partial charge in [-0.25, -0.2) is 14.0 Å². The molecule has 170 valence electrons. The van der Waals surface area contributed by atoms with Gasteiger partial charge in [0.25, 0.3) is 0 Å². The second-order valence-electron chi connectivity index (χ2n) is 7.56. The Hall–Kier alpha value is -3.46. The molecule has 0 saturated carbocycles. The van der Waals surface area contributed by atoms with Crippen LogP contribution in [0.15, 0.2) is 59.1 Å². The van der Waals surface area contributed by atoms with E-state index < -0.39 is 41.9 Å². The number of carboxylic acid groups (broad SMARTS) is 1. The van der Waals surface area contributed by atoms with Crippen LogP contribution in [0.5, 0.6) is 5.75 Å². The molecule has 9 heteroatoms. The van der Waals surface area contributed by atoms with Crippen molar-refractivity contribution < 1.29 is 33.3 Å². The standard InChI is InChI=1S/C24H18BrF2NO5/c25-18-9-12(20(26)21(27)22(18)29)10-19(23(30)31)28-24(32)33-11-17-15-7-3-1-5-13(15)14-6-2-4-8-16(14)17/h1-9,17,19,29H,10-11H2,(H,28,32)(H,30,31). The van der Waals surface area contributed by atoms with E-state index in [1.54, 1.807) is 0 Å². The number of carboxylic acids is 1. The third kappa shape index (κ3) is 4.41. The molecular formula is C24H18BrF2NO5. The maximum absolute atomic E-state index is 14.1. The highest BCUT2D eigenvalue weighted by Gasteiger charge is 2.30. The van der Waals surface area contributed by atoms with Gasteiger partial charge >= 0.3 is 12.1 Å². The number of ether oxygens (including phenoxy) is 1. The van der Waals surface area contributed by atoms with Gasteiger partial charge in [0.1, 0.15) is 12.6 Å². The molecule has 0 saturated heterocycles. The van der Waals surface area contributed by atoms with Crippen molar-refractivity contribution in [3.05, 3.63) is 87.4 Å². The number of fused-ring (bicyclic) bond motifs is 3. The number of aliphatic carboxylic acids is 1. The topological polar surface area (TPSA) is 95.9 Å². The van der Waals surface area contributed by atoms with Crippen LogP contribution >= 0.6 is 15.9 Å². The molecule has 1 aliphatic rings. The maximum atomic E-state index is 14.1. The lowest BCUT2D eigenvalue weighted by Gasteiger charge is -2.18. The van der Waals surface area contributed by atoms with Crippen LogP contribution in [0.2, 0.25) is 0 Å². The fourth-order valence-electron chi connectivity index (χ4n) is 3.99. The zero-order chi connectivity index (χ0) is 23.7. The van der Waals surface area contributed by atoms with E-state index in [1.165, 1.54) is 0 Å². The Morgan fingerprint density at radius 1 is 1.03 bits per heavy atom. The van der Waals surface area contributed by atoms with Crippen LogP contribution in [-0.2, 0) is 16.0 Å². The molecule has 0 spiro atoms. The minimum Gasteiger partial charge on any atom is -0.504 e. The van der Waals surface area contributed by atoms with E-state index in [1.807, 2.05) is 48.5 Å². The van der Waals surface area contributed by atoms with E-state index in [0.29, 0.717) is 0 Å². The maximum Gasteiger partial charge on any atom is 0.407 e. The first-order valence-corrected chi connectivity index (χ1v) is 10.8. The van der Waals surface area contributed by atoms with Crippen molar-refractivity contribution in [2.24, 2.45) is 0 Å². The van der Waals surface area contributed by atoms with Gasteiger partial charge in [0.15, 0.2) is 11.6 Å². The molecule has 1 aliphatic carbocycles. The third-order valence-electron chi connectivity index (χ3n) is 5.57. The number of carbonyl (C=O) groups is 2. The number of alkyl carbamates (subject to hydrolysis) is 1. The van der Waals surface area contributed by atoms with Crippen molar-refractivity contribution in [1.82, 2.24) is 5.32 Å². The first kappa shape index (κ1) is 22.7. The molecule has 1 unspecified atom stereocenters. The number of hydrogen-bond donors (Lipinski definition) is 3. The lowest BCUT2D eigenvalue weighted by Crippen LogP contribution is -2.43. The fraction of sp³-hybridized carbons (Fsp3) is 0.167. The predicted octanol–water partition coefficient (Wildman–Crippen LogP) is 4.97. The molecule has 0 bridgehead atoms. The number of amides is 1. The van der Waals surface area contributed by atoms with E-state index in [9.17, 15) is 28.6 Å². The van der Waals surface area contributed by atoms with Gasteiger partial charge in [-0.2, -0.15) is 4.39 Å². The van der Waals surface area contributed by atoms with Gasteiger partial charge in [0.2, 0.25) is 5.82 Å². The van der Waals surface area contributed by atoms with Crippen LogP contribution in [0, 0.1) is 11.6 Å². The molecule has 3 aromatic carbocycles. The third-order valence-corrected chi connectivity index (χ3v) is 6.17. The zero-order valence-corrected chi connectivity index (χ0v) is 18.6. The van der Waals surface area contributed by atoms with Gasteiger partial charge in [0, 0.05) is 12.3 Å². The Bertz CT molecular complexity index is 1200. The van der Waals surface area contributed by atoms with Crippen LogP contribution in [-0.4, -0.2) is 34.9 Å². The number of aromatic hydroxyl groups is 1. The molecule has 3 aromatic rings. The van der Waals surface area contributed by atoms with Gasteiger partial charge < -0.3 is 20.3 Å². The Morgan fingerprint density at radius 2 is 1.61 bits per heavy atom. The molecule has 33 heavy (non-hydrogen) atoms. The lowest BCUT2D eigenvalue weighted by molar-refractivity contribution is -0.139. The molecular weight excluding hydrogens is 500 g/mol. The molecule has 1 atom stereocenters. The first-order chi connectivity index (χ1) is 15.8. The van der Waals surface area contributed by atoms with Crippen LogP contribution in [0.4, 0.5) is 13.6 Å². The molecule has 0 fully saturated rings. The van der Waals surface area contributed by atoms with E-state index in [0.717, 1.165) is 28.3 Å². The Kier molecular flexibility index (Phi) is 6.33. The predicted molar refractivity (Wildman–Crippen MR) is 119 cm³/mol. The SMILES string of the molecule is O=C(NC(Cc1cc(Br)c(O)c(F)c1F)C(=O)O)OCC1c2ccccc2-c2ccccc21. The van der Waals surface area contributed by atoms with Crippen molar-refractivity contribution in [1.29, 1.82) is 0 Å². The number of rotatable bonds is 6. The molecule has 6 nitrogen and oxygen atoms in total. The summed E-state index contributed by atoms with van der Waals surface area (Å²) in [4.78, 5) is 24.0. The van der Waals surface area contributed by atoms with E-state index in [4.69, 9.17) is 4.74 Å². The average Bonchev–Trinajstić information content (AvgIpc) is 3.13. The number of phenols is 1. The van der Waals surface area contributed by atoms with Crippen LogP contribution < -0.4 is 5.32 Å². The van der Waals surface area contributed by atoms with Crippen molar-refractivity contribution in [2.45, 2.75) is 18.4 Å². The monoisotopic (exact) mass is 517 g/mol. The highest BCUT2D eigenvalue weighted by Crippen LogP contribution is 2.44. The van der Waals surface area contributed by atoms with Crippen molar-refractivity contribution in [3.63, 3.8) is 0 Å². The highest BCUT2D eigenvalue weighted by molar-refractivity contribution is 9.10. The average molecular weight is 518 g/mol. The number of halogens is 3. The molecule has 0 aliphatic heterocycles. The number of phenolic OH excluding ortho intramolecular Hbond substituents is 1.